The van der Waals surface area contributed by atoms with Gasteiger partial charge in [0.1, 0.15) is 4.90 Å². The predicted octanol–water partition coefficient (Wildman–Crippen LogP) is 2.26. The fourth-order valence-electron chi connectivity index (χ4n) is 2.19. The van der Waals surface area contributed by atoms with Crippen LogP contribution in [0.4, 0.5) is 0 Å². The summed E-state index contributed by atoms with van der Waals surface area (Å²) in [6, 6.07) is 5.56. The van der Waals surface area contributed by atoms with Gasteiger partial charge in [-0.25, -0.2) is 13.1 Å². The van der Waals surface area contributed by atoms with Gasteiger partial charge in [0.05, 0.1) is 9.90 Å². The zero-order valence-corrected chi connectivity index (χ0v) is 16.7. The molecule has 0 unspecified atom stereocenters. The summed E-state index contributed by atoms with van der Waals surface area (Å²) < 4.78 is 26.0. The predicted molar refractivity (Wildman–Crippen MR) is 101 cm³/mol. The molecular weight excluding hydrogens is 398 g/mol. The van der Waals surface area contributed by atoms with Crippen LogP contribution < -0.4 is 15.6 Å². The molecule has 1 heterocycles. The third-order valence-corrected chi connectivity index (χ3v) is 6.88. The first-order valence-corrected chi connectivity index (χ1v) is 10.3. The van der Waals surface area contributed by atoms with Crippen molar-refractivity contribution in [3.63, 3.8) is 0 Å². The van der Waals surface area contributed by atoms with Crippen LogP contribution in [0.15, 0.2) is 29.2 Å². The molecule has 0 aliphatic carbocycles. The zero-order chi connectivity index (χ0) is 19.5. The van der Waals surface area contributed by atoms with Crippen molar-refractivity contribution in [2.24, 2.45) is 0 Å². The molecule has 26 heavy (non-hydrogen) atoms. The van der Waals surface area contributed by atoms with E-state index in [0.29, 0.717) is 4.88 Å². The molecule has 0 bridgehead atoms. The van der Waals surface area contributed by atoms with E-state index in [1.807, 2.05) is 13.8 Å². The summed E-state index contributed by atoms with van der Waals surface area (Å²) >= 11 is 7.24. The van der Waals surface area contributed by atoms with Gasteiger partial charge in [0.25, 0.3) is 11.8 Å². The maximum atomic E-state index is 12.2. The summed E-state index contributed by atoms with van der Waals surface area (Å²) in [4.78, 5) is 25.7. The SMILES string of the molecule is CCc1sc(C(=O)NNC(=O)c2ccc(Cl)c(S(=O)(=O)NC)c2)cc1C. The summed E-state index contributed by atoms with van der Waals surface area (Å²) in [5.74, 6) is -1.10. The van der Waals surface area contributed by atoms with Gasteiger partial charge in [0, 0.05) is 10.4 Å². The molecule has 0 radical (unpaired) electrons. The highest BCUT2D eigenvalue weighted by molar-refractivity contribution is 7.89. The molecule has 3 N–H and O–H groups in total. The molecule has 10 heteroatoms. The van der Waals surface area contributed by atoms with Crippen LogP contribution in [0.2, 0.25) is 5.02 Å². The maximum absolute atomic E-state index is 12.2. The Morgan fingerprint density at radius 3 is 2.38 bits per heavy atom. The van der Waals surface area contributed by atoms with E-state index < -0.39 is 21.8 Å². The molecular formula is C16H18ClN3O4S2. The molecule has 2 aromatic rings. The first-order chi connectivity index (χ1) is 12.2. The lowest BCUT2D eigenvalue weighted by molar-refractivity contribution is 0.0848. The molecule has 0 aliphatic rings. The molecule has 1 aromatic carbocycles. The van der Waals surface area contributed by atoms with E-state index in [9.17, 15) is 18.0 Å². The van der Waals surface area contributed by atoms with Crippen molar-refractivity contribution in [1.82, 2.24) is 15.6 Å². The Balaban J connectivity index is 2.13. The van der Waals surface area contributed by atoms with E-state index in [2.05, 4.69) is 15.6 Å². The summed E-state index contributed by atoms with van der Waals surface area (Å²) in [5, 5.41) is -0.0129. The molecule has 0 atom stereocenters. The smallest absolute Gasteiger partial charge is 0.267 e. The second-order valence-electron chi connectivity index (χ2n) is 5.33. The van der Waals surface area contributed by atoms with Crippen molar-refractivity contribution in [3.8, 4) is 0 Å². The highest BCUT2D eigenvalue weighted by Gasteiger charge is 2.19. The molecule has 2 amide bonds. The zero-order valence-electron chi connectivity index (χ0n) is 14.3. The topological polar surface area (TPSA) is 104 Å². The number of thiophene rings is 1. The van der Waals surface area contributed by atoms with Crippen LogP contribution in [0, 0.1) is 6.92 Å². The normalized spacial score (nSPS) is 11.2. The van der Waals surface area contributed by atoms with E-state index in [1.165, 1.54) is 30.5 Å². The Bertz CT molecular complexity index is 954. The van der Waals surface area contributed by atoms with Crippen molar-refractivity contribution < 1.29 is 18.0 Å². The van der Waals surface area contributed by atoms with Crippen molar-refractivity contribution in [2.45, 2.75) is 25.2 Å². The number of nitrogens with one attached hydrogen (secondary N) is 3. The first-order valence-electron chi connectivity index (χ1n) is 7.62. The largest absolute Gasteiger partial charge is 0.279 e. The number of aryl methyl sites for hydroxylation is 2. The van der Waals surface area contributed by atoms with E-state index in [0.717, 1.165) is 22.9 Å². The maximum Gasteiger partial charge on any atom is 0.279 e. The van der Waals surface area contributed by atoms with Crippen molar-refractivity contribution in [1.29, 1.82) is 0 Å². The van der Waals surface area contributed by atoms with Crippen LogP contribution in [-0.2, 0) is 16.4 Å². The van der Waals surface area contributed by atoms with Gasteiger partial charge in [-0.15, -0.1) is 11.3 Å². The lowest BCUT2D eigenvalue weighted by Crippen LogP contribution is -2.41. The molecule has 140 valence electrons. The number of hydrogen-bond acceptors (Lipinski definition) is 5. The number of hydrazine groups is 1. The minimum absolute atomic E-state index is 0.0129. The van der Waals surface area contributed by atoms with Crippen LogP contribution in [-0.4, -0.2) is 27.3 Å². The van der Waals surface area contributed by atoms with Crippen LogP contribution in [0.5, 0.6) is 0 Å². The van der Waals surface area contributed by atoms with Gasteiger partial charge in [-0.2, -0.15) is 0 Å². The molecule has 0 saturated carbocycles. The number of benzene rings is 1. The van der Waals surface area contributed by atoms with Gasteiger partial charge in [-0.05, 0) is 50.2 Å². The second kappa shape index (κ2) is 8.17. The highest BCUT2D eigenvalue weighted by Crippen LogP contribution is 2.23. The van der Waals surface area contributed by atoms with E-state index in [4.69, 9.17) is 11.6 Å². The molecule has 1 aromatic heterocycles. The summed E-state index contributed by atoms with van der Waals surface area (Å²) in [6.45, 7) is 3.92. The first kappa shape index (κ1) is 20.4. The van der Waals surface area contributed by atoms with E-state index in [-0.39, 0.29) is 15.5 Å². The molecule has 0 aliphatic heterocycles. The minimum Gasteiger partial charge on any atom is -0.267 e. The monoisotopic (exact) mass is 415 g/mol. The van der Waals surface area contributed by atoms with Gasteiger partial charge in [0.2, 0.25) is 10.0 Å². The summed E-state index contributed by atoms with van der Waals surface area (Å²) in [6.07, 6.45) is 0.823. The average molecular weight is 416 g/mol. The van der Waals surface area contributed by atoms with Crippen LogP contribution in [0.3, 0.4) is 0 Å². The van der Waals surface area contributed by atoms with Crippen LogP contribution in [0.25, 0.3) is 0 Å². The highest BCUT2D eigenvalue weighted by atomic mass is 35.5. The van der Waals surface area contributed by atoms with Gasteiger partial charge >= 0.3 is 0 Å². The molecule has 0 spiro atoms. The fourth-order valence-corrected chi connectivity index (χ4v) is 4.45. The van der Waals surface area contributed by atoms with E-state index >= 15 is 0 Å². The third kappa shape index (κ3) is 4.42. The molecule has 0 fully saturated rings. The molecule has 0 saturated heterocycles. The summed E-state index contributed by atoms with van der Waals surface area (Å²) in [7, 11) is -2.57. The Kier molecular flexibility index (Phi) is 6.40. The van der Waals surface area contributed by atoms with Crippen molar-refractivity contribution in [3.05, 3.63) is 50.2 Å². The Hall–Kier alpha value is -1.94. The number of sulfonamides is 1. The van der Waals surface area contributed by atoms with Gasteiger partial charge in [0.15, 0.2) is 0 Å². The number of halogens is 1. The van der Waals surface area contributed by atoms with Gasteiger partial charge < -0.3 is 0 Å². The number of hydrogen-bond donors (Lipinski definition) is 3. The van der Waals surface area contributed by atoms with Crippen molar-refractivity contribution in [2.75, 3.05) is 7.05 Å². The Morgan fingerprint density at radius 2 is 1.81 bits per heavy atom. The Labute approximate surface area is 160 Å². The number of rotatable bonds is 5. The number of carbonyl (C=O) groups is 2. The second-order valence-corrected chi connectivity index (χ2v) is 8.73. The Morgan fingerprint density at radius 1 is 1.15 bits per heavy atom. The molecule has 2 rings (SSSR count). The standard InChI is InChI=1S/C16H18ClN3O4S2/c1-4-12-9(2)7-13(25-12)16(22)20-19-15(21)10-5-6-11(17)14(8-10)26(23,24)18-3/h5-8,18H,4H2,1-3H3,(H,19,21)(H,20,22). The average Bonchev–Trinajstić information content (AvgIpc) is 3.00. The molecule has 7 nitrogen and oxygen atoms in total. The van der Waals surface area contributed by atoms with Crippen LogP contribution in [0.1, 0.15) is 37.4 Å². The van der Waals surface area contributed by atoms with Crippen LogP contribution >= 0.6 is 22.9 Å². The lowest BCUT2D eigenvalue weighted by Gasteiger charge is -2.09. The minimum atomic E-state index is -3.81. The van der Waals surface area contributed by atoms with Gasteiger partial charge in [-0.1, -0.05) is 18.5 Å². The third-order valence-electron chi connectivity index (χ3n) is 3.61. The summed E-state index contributed by atoms with van der Waals surface area (Å²) in [5.41, 5.74) is 5.66. The quantitative estimate of drug-likeness (QED) is 0.651. The van der Waals surface area contributed by atoms with E-state index in [1.54, 1.807) is 6.07 Å². The van der Waals surface area contributed by atoms with Gasteiger partial charge in [-0.3, -0.25) is 20.4 Å². The van der Waals surface area contributed by atoms with Crippen molar-refractivity contribution >= 4 is 44.8 Å². The lowest BCUT2D eigenvalue weighted by atomic mass is 10.2. The number of amides is 2. The fraction of sp³-hybridized carbons (Fsp3) is 0.250. The number of carbonyl (C=O) groups excluding carboxylic acids is 2.